The van der Waals surface area contributed by atoms with Gasteiger partial charge in [-0.15, -0.1) is 0 Å². The van der Waals surface area contributed by atoms with Crippen molar-refractivity contribution in [3.63, 3.8) is 0 Å². The Balaban J connectivity index is 1.95. The Morgan fingerprint density at radius 3 is 2.15 bits per heavy atom. The lowest BCUT2D eigenvalue weighted by atomic mass is 9.50. The van der Waals surface area contributed by atoms with E-state index in [9.17, 15) is 0 Å². The van der Waals surface area contributed by atoms with Crippen LogP contribution in [-0.2, 0) is 0 Å². The van der Waals surface area contributed by atoms with Crippen LogP contribution < -0.4 is 0 Å². The smallest absolute Gasteiger partial charge is 0.0268 e. The van der Waals surface area contributed by atoms with Gasteiger partial charge < -0.3 is 0 Å². The van der Waals surface area contributed by atoms with E-state index in [0.29, 0.717) is 9.74 Å². The van der Waals surface area contributed by atoms with Crippen LogP contribution in [0.5, 0.6) is 0 Å². The summed E-state index contributed by atoms with van der Waals surface area (Å²) in [6, 6.07) is 0. The molecule has 0 aliphatic heterocycles. The van der Waals surface area contributed by atoms with Gasteiger partial charge in [-0.25, -0.2) is 0 Å². The second-order valence-corrected chi connectivity index (χ2v) is 7.99. The second-order valence-electron chi connectivity index (χ2n) is 5.75. The Morgan fingerprint density at radius 2 is 1.69 bits per heavy atom. The minimum absolute atomic E-state index is 0.546. The van der Waals surface area contributed by atoms with Crippen molar-refractivity contribution in [2.45, 2.75) is 42.8 Å². The van der Waals surface area contributed by atoms with Crippen LogP contribution in [0.3, 0.4) is 0 Å². The highest BCUT2D eigenvalue weighted by Gasteiger charge is 2.56. The first-order valence-electron chi connectivity index (χ1n) is 5.38. The molecule has 4 saturated carbocycles. The maximum absolute atomic E-state index is 4.01. The zero-order chi connectivity index (χ0) is 9.10. The molecule has 0 aromatic carbocycles. The molecule has 4 atom stereocenters. The zero-order valence-electron chi connectivity index (χ0n) is 7.86. The second kappa shape index (κ2) is 2.75. The van der Waals surface area contributed by atoms with Gasteiger partial charge in [0, 0.05) is 9.65 Å². The SMILES string of the molecule is BrCC12C[C@@H]3C[C@@H](CC(Br)(C3)C1)C2. The Bertz CT molecular complexity index is 222. The van der Waals surface area contributed by atoms with Crippen molar-refractivity contribution in [2.24, 2.45) is 17.3 Å². The van der Waals surface area contributed by atoms with Crippen molar-refractivity contribution < 1.29 is 0 Å². The summed E-state index contributed by atoms with van der Waals surface area (Å²) in [5, 5.41) is 1.24. The lowest BCUT2D eigenvalue weighted by Gasteiger charge is -2.60. The topological polar surface area (TPSA) is 0 Å². The van der Waals surface area contributed by atoms with E-state index in [0.717, 1.165) is 11.8 Å². The van der Waals surface area contributed by atoms with Gasteiger partial charge in [0.25, 0.3) is 0 Å². The molecule has 0 spiro atoms. The molecular formula is C11H16Br2. The number of hydrogen-bond donors (Lipinski definition) is 0. The Hall–Kier alpha value is 0.960. The third-order valence-electron chi connectivity index (χ3n) is 4.39. The molecule has 13 heavy (non-hydrogen) atoms. The van der Waals surface area contributed by atoms with Crippen molar-refractivity contribution >= 4 is 31.9 Å². The molecule has 74 valence electrons. The Labute approximate surface area is 97.1 Å². The van der Waals surface area contributed by atoms with Crippen LogP contribution in [0.2, 0.25) is 0 Å². The molecule has 0 amide bonds. The fraction of sp³-hybridized carbons (Fsp3) is 1.00. The molecule has 4 rings (SSSR count). The summed E-state index contributed by atoms with van der Waals surface area (Å²) < 4.78 is 0.546. The highest BCUT2D eigenvalue weighted by molar-refractivity contribution is 9.10. The molecule has 0 nitrogen and oxygen atoms in total. The lowest BCUT2D eigenvalue weighted by molar-refractivity contribution is -0.0188. The number of alkyl halides is 2. The third-order valence-corrected chi connectivity index (χ3v) is 6.51. The summed E-state index contributed by atoms with van der Waals surface area (Å²) in [5.74, 6) is 2.08. The fourth-order valence-corrected chi connectivity index (χ4v) is 6.66. The molecule has 2 heteroatoms. The first-order chi connectivity index (χ1) is 6.13. The van der Waals surface area contributed by atoms with E-state index in [-0.39, 0.29) is 0 Å². The minimum Gasteiger partial charge on any atom is -0.0922 e. The standard InChI is InChI=1S/C11H16Br2/c12-7-10-2-8-1-9(3-10)5-11(13,4-8)6-10/h8-9H,1-7H2/t8-,9+,10?,11?. The summed E-state index contributed by atoms with van der Waals surface area (Å²) in [4.78, 5) is 0. The van der Waals surface area contributed by atoms with E-state index < -0.39 is 0 Å². The van der Waals surface area contributed by atoms with Crippen LogP contribution in [0.15, 0.2) is 0 Å². The summed E-state index contributed by atoms with van der Waals surface area (Å²) in [5.41, 5.74) is 0.674. The van der Waals surface area contributed by atoms with Crippen LogP contribution in [0.4, 0.5) is 0 Å². The molecular weight excluding hydrogens is 292 g/mol. The molecule has 2 unspecified atom stereocenters. The average molecular weight is 308 g/mol. The molecule has 0 saturated heterocycles. The van der Waals surface area contributed by atoms with Crippen LogP contribution in [-0.4, -0.2) is 9.65 Å². The lowest BCUT2D eigenvalue weighted by Crippen LogP contribution is -2.53. The summed E-state index contributed by atoms with van der Waals surface area (Å²) in [6.07, 6.45) is 8.88. The largest absolute Gasteiger partial charge is 0.0922 e. The summed E-state index contributed by atoms with van der Waals surface area (Å²) in [7, 11) is 0. The maximum Gasteiger partial charge on any atom is 0.0268 e. The predicted octanol–water partition coefficient (Wildman–Crippen LogP) is 4.12. The Morgan fingerprint density at radius 1 is 1.08 bits per heavy atom. The van der Waals surface area contributed by atoms with Crippen molar-refractivity contribution in [3.05, 3.63) is 0 Å². The molecule has 0 N–H and O–H groups in total. The van der Waals surface area contributed by atoms with Crippen LogP contribution >= 0.6 is 31.9 Å². The van der Waals surface area contributed by atoms with Crippen LogP contribution in [0, 0.1) is 17.3 Å². The van der Waals surface area contributed by atoms with Crippen LogP contribution in [0.25, 0.3) is 0 Å². The highest BCUT2D eigenvalue weighted by Crippen LogP contribution is 2.64. The predicted molar refractivity (Wildman–Crippen MR) is 62.6 cm³/mol. The zero-order valence-corrected chi connectivity index (χ0v) is 11.0. The van der Waals surface area contributed by atoms with Crippen LogP contribution in [0.1, 0.15) is 38.5 Å². The third kappa shape index (κ3) is 1.35. The minimum atomic E-state index is 0.546. The number of halogens is 2. The molecule has 4 aliphatic carbocycles. The van der Waals surface area contributed by atoms with Gasteiger partial charge in [-0.1, -0.05) is 31.9 Å². The van der Waals surface area contributed by atoms with E-state index in [1.807, 2.05) is 0 Å². The summed E-state index contributed by atoms with van der Waals surface area (Å²) >= 11 is 7.75. The van der Waals surface area contributed by atoms with Gasteiger partial charge in [0.05, 0.1) is 0 Å². The first-order valence-corrected chi connectivity index (χ1v) is 7.30. The van der Waals surface area contributed by atoms with Gasteiger partial charge in [0.15, 0.2) is 0 Å². The molecule has 4 bridgehead atoms. The van der Waals surface area contributed by atoms with Gasteiger partial charge in [-0.05, 0) is 55.8 Å². The van der Waals surface area contributed by atoms with E-state index in [1.54, 1.807) is 0 Å². The first kappa shape index (κ1) is 9.21. The molecule has 4 fully saturated rings. The van der Waals surface area contributed by atoms with Crippen molar-refractivity contribution in [2.75, 3.05) is 5.33 Å². The van der Waals surface area contributed by atoms with Gasteiger partial charge >= 0.3 is 0 Å². The van der Waals surface area contributed by atoms with E-state index >= 15 is 0 Å². The molecule has 0 heterocycles. The van der Waals surface area contributed by atoms with E-state index in [2.05, 4.69) is 31.9 Å². The fourth-order valence-electron chi connectivity index (χ4n) is 4.49. The highest BCUT2D eigenvalue weighted by atomic mass is 79.9. The van der Waals surface area contributed by atoms with E-state index in [4.69, 9.17) is 0 Å². The molecule has 0 aromatic heterocycles. The quantitative estimate of drug-likeness (QED) is 0.639. The van der Waals surface area contributed by atoms with Gasteiger partial charge in [-0.3, -0.25) is 0 Å². The van der Waals surface area contributed by atoms with Crippen molar-refractivity contribution in [1.82, 2.24) is 0 Å². The van der Waals surface area contributed by atoms with Crippen molar-refractivity contribution in [3.8, 4) is 0 Å². The van der Waals surface area contributed by atoms with E-state index in [1.165, 1.54) is 43.9 Å². The normalized spacial score (nSPS) is 58.6. The number of hydrogen-bond acceptors (Lipinski definition) is 0. The average Bonchev–Trinajstić information content (AvgIpc) is 1.99. The number of rotatable bonds is 1. The van der Waals surface area contributed by atoms with Gasteiger partial charge in [0.2, 0.25) is 0 Å². The molecule has 0 aromatic rings. The molecule has 0 radical (unpaired) electrons. The van der Waals surface area contributed by atoms with Gasteiger partial charge in [0.1, 0.15) is 0 Å². The van der Waals surface area contributed by atoms with Gasteiger partial charge in [-0.2, -0.15) is 0 Å². The monoisotopic (exact) mass is 306 g/mol. The molecule has 4 aliphatic rings. The Kier molecular flexibility index (Phi) is 1.95. The maximum atomic E-state index is 4.01. The summed E-state index contributed by atoms with van der Waals surface area (Å²) in [6.45, 7) is 0. The van der Waals surface area contributed by atoms with Crippen molar-refractivity contribution in [1.29, 1.82) is 0 Å².